The van der Waals surface area contributed by atoms with Gasteiger partial charge in [-0.2, -0.15) is 11.8 Å². The van der Waals surface area contributed by atoms with Gasteiger partial charge in [0.1, 0.15) is 5.82 Å². The van der Waals surface area contributed by atoms with Gasteiger partial charge in [0.05, 0.1) is 11.9 Å². The van der Waals surface area contributed by atoms with E-state index in [0.717, 1.165) is 28.9 Å². The molecule has 1 saturated heterocycles. The molecule has 88 valence electrons. The maximum absolute atomic E-state index is 5.67. The minimum absolute atomic E-state index is 0.732. The summed E-state index contributed by atoms with van der Waals surface area (Å²) < 4.78 is 0. The van der Waals surface area contributed by atoms with Crippen LogP contribution in [0.2, 0.25) is 0 Å². The van der Waals surface area contributed by atoms with E-state index in [0.29, 0.717) is 0 Å². The SMILES string of the molecule is Cc1cc(N)cnc1NCC1CCCCS1. The molecule has 1 fully saturated rings. The third kappa shape index (κ3) is 3.04. The molecule has 3 N–H and O–H groups in total. The van der Waals surface area contributed by atoms with Crippen molar-refractivity contribution >= 4 is 23.3 Å². The highest BCUT2D eigenvalue weighted by Crippen LogP contribution is 2.25. The van der Waals surface area contributed by atoms with E-state index in [1.165, 1.54) is 25.0 Å². The Morgan fingerprint density at radius 1 is 1.56 bits per heavy atom. The first-order chi connectivity index (χ1) is 7.75. The van der Waals surface area contributed by atoms with Crippen LogP contribution in [-0.4, -0.2) is 22.5 Å². The average Bonchev–Trinajstić information content (AvgIpc) is 2.29. The summed E-state index contributed by atoms with van der Waals surface area (Å²) in [6, 6.07) is 1.96. The van der Waals surface area contributed by atoms with Crippen molar-refractivity contribution in [3.8, 4) is 0 Å². The lowest BCUT2D eigenvalue weighted by molar-refractivity contribution is 0.677. The van der Waals surface area contributed by atoms with Gasteiger partial charge >= 0.3 is 0 Å². The van der Waals surface area contributed by atoms with E-state index in [9.17, 15) is 0 Å². The molecule has 0 aromatic carbocycles. The van der Waals surface area contributed by atoms with Crippen molar-refractivity contribution in [1.82, 2.24) is 4.98 Å². The summed E-state index contributed by atoms with van der Waals surface area (Å²) in [6.45, 7) is 3.06. The Kier molecular flexibility index (Phi) is 3.93. The summed E-state index contributed by atoms with van der Waals surface area (Å²) in [4.78, 5) is 4.32. The van der Waals surface area contributed by atoms with Crippen molar-refractivity contribution in [2.24, 2.45) is 0 Å². The lowest BCUT2D eigenvalue weighted by Crippen LogP contribution is -2.20. The Labute approximate surface area is 101 Å². The quantitative estimate of drug-likeness (QED) is 0.848. The summed E-state index contributed by atoms with van der Waals surface area (Å²) in [5.41, 5.74) is 7.53. The number of hydrogen-bond donors (Lipinski definition) is 2. The highest BCUT2D eigenvalue weighted by molar-refractivity contribution is 7.99. The number of rotatable bonds is 3. The molecule has 1 aliphatic heterocycles. The monoisotopic (exact) mass is 237 g/mol. The maximum Gasteiger partial charge on any atom is 0.129 e. The second-order valence-corrected chi connectivity index (χ2v) is 5.71. The van der Waals surface area contributed by atoms with Gasteiger partial charge in [-0.1, -0.05) is 6.42 Å². The molecule has 0 spiro atoms. The molecule has 4 heteroatoms. The Bertz CT molecular complexity index is 348. The standard InChI is InChI=1S/C12H19N3S/c1-9-6-10(13)7-14-12(9)15-8-11-4-2-3-5-16-11/h6-7,11H,2-5,8,13H2,1H3,(H,14,15). The number of aryl methyl sites for hydroxylation is 1. The zero-order chi connectivity index (χ0) is 11.4. The summed E-state index contributed by atoms with van der Waals surface area (Å²) >= 11 is 2.08. The zero-order valence-corrected chi connectivity index (χ0v) is 10.5. The van der Waals surface area contributed by atoms with E-state index in [1.807, 2.05) is 13.0 Å². The Morgan fingerprint density at radius 3 is 3.12 bits per heavy atom. The average molecular weight is 237 g/mol. The van der Waals surface area contributed by atoms with Crippen molar-refractivity contribution < 1.29 is 0 Å². The molecule has 0 saturated carbocycles. The normalized spacial score (nSPS) is 20.7. The summed E-state index contributed by atoms with van der Waals surface area (Å²) in [5.74, 6) is 2.28. The van der Waals surface area contributed by atoms with Crippen LogP contribution in [0.3, 0.4) is 0 Å². The summed E-state index contributed by atoms with van der Waals surface area (Å²) in [6.07, 6.45) is 5.78. The van der Waals surface area contributed by atoms with Crippen molar-refractivity contribution in [1.29, 1.82) is 0 Å². The van der Waals surface area contributed by atoms with E-state index in [4.69, 9.17) is 5.73 Å². The molecule has 1 aromatic rings. The van der Waals surface area contributed by atoms with Gasteiger partial charge in [0.15, 0.2) is 0 Å². The Morgan fingerprint density at radius 2 is 2.44 bits per heavy atom. The Hall–Kier alpha value is -0.900. The van der Waals surface area contributed by atoms with Crippen LogP contribution in [0.5, 0.6) is 0 Å². The van der Waals surface area contributed by atoms with Gasteiger partial charge in [0.25, 0.3) is 0 Å². The van der Waals surface area contributed by atoms with Gasteiger partial charge in [0.2, 0.25) is 0 Å². The predicted octanol–water partition coefficient (Wildman–Crippen LogP) is 2.67. The molecule has 0 aliphatic carbocycles. The van der Waals surface area contributed by atoms with Crippen molar-refractivity contribution in [3.63, 3.8) is 0 Å². The van der Waals surface area contributed by atoms with Gasteiger partial charge in [0, 0.05) is 11.8 Å². The summed E-state index contributed by atoms with van der Waals surface area (Å²) in [5, 5.41) is 4.17. The number of hydrogen-bond acceptors (Lipinski definition) is 4. The predicted molar refractivity (Wildman–Crippen MR) is 72.0 cm³/mol. The number of nitrogens with one attached hydrogen (secondary N) is 1. The molecule has 0 amide bonds. The number of nitrogen functional groups attached to an aromatic ring is 1. The van der Waals surface area contributed by atoms with Gasteiger partial charge in [-0.3, -0.25) is 0 Å². The highest BCUT2D eigenvalue weighted by atomic mass is 32.2. The molecular formula is C12H19N3S. The molecule has 1 aromatic heterocycles. The Balaban J connectivity index is 1.88. The van der Waals surface area contributed by atoms with Crippen LogP contribution in [0.15, 0.2) is 12.3 Å². The first-order valence-corrected chi connectivity index (χ1v) is 6.88. The van der Waals surface area contributed by atoms with E-state index in [-0.39, 0.29) is 0 Å². The van der Waals surface area contributed by atoms with E-state index in [2.05, 4.69) is 22.1 Å². The molecule has 3 nitrogen and oxygen atoms in total. The minimum atomic E-state index is 0.732. The number of thioether (sulfide) groups is 1. The van der Waals surface area contributed by atoms with Crippen LogP contribution in [0.25, 0.3) is 0 Å². The van der Waals surface area contributed by atoms with Gasteiger partial charge < -0.3 is 11.1 Å². The molecule has 16 heavy (non-hydrogen) atoms. The van der Waals surface area contributed by atoms with Crippen molar-refractivity contribution in [2.75, 3.05) is 23.3 Å². The van der Waals surface area contributed by atoms with Crippen molar-refractivity contribution in [3.05, 3.63) is 17.8 Å². The fourth-order valence-electron chi connectivity index (χ4n) is 1.96. The van der Waals surface area contributed by atoms with E-state index >= 15 is 0 Å². The molecule has 1 atom stereocenters. The number of nitrogens with zero attached hydrogens (tertiary/aromatic N) is 1. The van der Waals surface area contributed by atoms with Crippen LogP contribution in [0.1, 0.15) is 24.8 Å². The summed E-state index contributed by atoms with van der Waals surface area (Å²) in [7, 11) is 0. The molecular weight excluding hydrogens is 218 g/mol. The smallest absolute Gasteiger partial charge is 0.129 e. The fraction of sp³-hybridized carbons (Fsp3) is 0.583. The minimum Gasteiger partial charge on any atom is -0.397 e. The van der Waals surface area contributed by atoms with E-state index in [1.54, 1.807) is 6.20 Å². The molecule has 2 heterocycles. The van der Waals surface area contributed by atoms with Crippen molar-refractivity contribution in [2.45, 2.75) is 31.4 Å². The van der Waals surface area contributed by atoms with Gasteiger partial charge in [-0.05, 0) is 37.1 Å². The molecule has 2 rings (SSSR count). The molecule has 0 radical (unpaired) electrons. The van der Waals surface area contributed by atoms with E-state index < -0.39 is 0 Å². The van der Waals surface area contributed by atoms with Crippen LogP contribution < -0.4 is 11.1 Å². The topological polar surface area (TPSA) is 50.9 Å². The van der Waals surface area contributed by atoms with Crippen LogP contribution >= 0.6 is 11.8 Å². The third-order valence-corrected chi connectivity index (χ3v) is 4.27. The van der Waals surface area contributed by atoms with Crippen LogP contribution in [0.4, 0.5) is 11.5 Å². The first kappa shape index (κ1) is 11.6. The number of anilines is 2. The van der Waals surface area contributed by atoms with Gasteiger partial charge in [-0.15, -0.1) is 0 Å². The fourth-order valence-corrected chi connectivity index (χ4v) is 3.20. The van der Waals surface area contributed by atoms with Crippen LogP contribution in [0, 0.1) is 6.92 Å². The largest absolute Gasteiger partial charge is 0.397 e. The second-order valence-electron chi connectivity index (χ2n) is 4.30. The highest BCUT2D eigenvalue weighted by Gasteiger charge is 2.13. The lowest BCUT2D eigenvalue weighted by atomic mass is 10.2. The molecule has 0 bridgehead atoms. The number of nitrogens with two attached hydrogens (primary N) is 1. The van der Waals surface area contributed by atoms with Gasteiger partial charge in [-0.25, -0.2) is 4.98 Å². The second kappa shape index (κ2) is 5.43. The third-order valence-electron chi connectivity index (χ3n) is 2.87. The number of pyridine rings is 1. The first-order valence-electron chi connectivity index (χ1n) is 5.83. The maximum atomic E-state index is 5.67. The zero-order valence-electron chi connectivity index (χ0n) is 9.70. The number of aromatic nitrogens is 1. The van der Waals surface area contributed by atoms with Crippen LogP contribution in [-0.2, 0) is 0 Å². The molecule has 1 unspecified atom stereocenters. The molecule has 1 aliphatic rings. The lowest BCUT2D eigenvalue weighted by Gasteiger charge is -2.22.